The van der Waals surface area contributed by atoms with Gasteiger partial charge in [0.05, 0.1) is 48.4 Å². The van der Waals surface area contributed by atoms with Crippen molar-refractivity contribution in [1.29, 1.82) is 0 Å². The van der Waals surface area contributed by atoms with Gasteiger partial charge in [-0.05, 0) is 62.1 Å². The Morgan fingerprint density at radius 1 is 1.09 bits per heavy atom. The second kappa shape index (κ2) is 7.14. The molecule has 7 nitrogen and oxygen atoms in total. The Kier molecular flexibility index (Phi) is 4.30. The van der Waals surface area contributed by atoms with Crippen LogP contribution in [0, 0.1) is 12.8 Å². The number of benzene rings is 1. The lowest BCUT2D eigenvalue weighted by Crippen LogP contribution is -2.52. The van der Waals surface area contributed by atoms with Crippen LogP contribution in [0.1, 0.15) is 48.9 Å². The van der Waals surface area contributed by atoms with E-state index in [9.17, 15) is 0 Å². The molecule has 4 heterocycles. The van der Waals surface area contributed by atoms with Crippen LogP contribution in [0.4, 0.5) is 11.6 Å². The molecule has 1 N–H and O–H groups in total. The van der Waals surface area contributed by atoms with Gasteiger partial charge in [0.2, 0.25) is 5.95 Å². The molecule has 166 valence electrons. The summed E-state index contributed by atoms with van der Waals surface area (Å²) in [6.45, 7) is 5.06. The standard InChI is InChI=1S/C24H27ClN6O/c1-13-23(9-27-31(13)16-2-3-16)29-24-26-8-14-5-21(25)20(7-22(14)28-24)19-6-17-4-15(19)10-30(17)18-11-32-12-18/h5,7-9,15-19H,2-4,6,10-12H2,1H3,(H,26,28,29)/t15-,17-,19?/m1/s1. The zero-order valence-electron chi connectivity index (χ0n) is 18.2. The molecule has 3 atom stereocenters. The zero-order chi connectivity index (χ0) is 21.4. The normalized spacial score (nSPS) is 27.9. The lowest BCUT2D eigenvalue weighted by molar-refractivity contribution is -0.0755. The third-order valence-corrected chi connectivity index (χ3v) is 8.28. The van der Waals surface area contributed by atoms with Gasteiger partial charge >= 0.3 is 0 Å². The fourth-order valence-electron chi connectivity index (χ4n) is 6.00. The third-order valence-electron chi connectivity index (χ3n) is 7.96. The van der Waals surface area contributed by atoms with E-state index < -0.39 is 0 Å². The molecule has 1 aromatic carbocycles. The van der Waals surface area contributed by atoms with E-state index in [1.165, 1.54) is 37.8 Å². The van der Waals surface area contributed by atoms with E-state index in [0.29, 0.717) is 35.9 Å². The molecule has 4 fully saturated rings. The van der Waals surface area contributed by atoms with Gasteiger partial charge in [-0.2, -0.15) is 5.10 Å². The first-order valence-corrected chi connectivity index (χ1v) is 12.1. The Hall–Kier alpha value is -2.22. The number of rotatable bonds is 5. The zero-order valence-corrected chi connectivity index (χ0v) is 18.9. The maximum Gasteiger partial charge on any atom is 0.227 e. The number of nitrogens with one attached hydrogen (secondary N) is 1. The van der Waals surface area contributed by atoms with Crippen LogP contribution < -0.4 is 5.32 Å². The summed E-state index contributed by atoms with van der Waals surface area (Å²) in [6, 6.07) is 6.09. The predicted octanol–water partition coefficient (Wildman–Crippen LogP) is 4.44. The summed E-state index contributed by atoms with van der Waals surface area (Å²) in [5.74, 6) is 1.79. The number of hydrogen-bond acceptors (Lipinski definition) is 6. The second-order valence-electron chi connectivity index (χ2n) is 9.95. The van der Waals surface area contributed by atoms with Crippen molar-refractivity contribution in [3.63, 3.8) is 0 Å². The number of fused-ring (bicyclic) bond motifs is 3. The average Bonchev–Trinajstić information content (AvgIpc) is 3.24. The molecule has 0 spiro atoms. The second-order valence-corrected chi connectivity index (χ2v) is 10.4. The van der Waals surface area contributed by atoms with Crippen molar-refractivity contribution in [2.75, 3.05) is 25.1 Å². The molecule has 8 heteroatoms. The number of halogens is 1. The molecule has 4 aliphatic rings. The molecule has 32 heavy (non-hydrogen) atoms. The summed E-state index contributed by atoms with van der Waals surface area (Å²) in [7, 11) is 0. The molecule has 2 saturated heterocycles. The quantitative estimate of drug-likeness (QED) is 0.619. The van der Waals surface area contributed by atoms with Gasteiger partial charge in [0, 0.05) is 29.2 Å². The van der Waals surface area contributed by atoms with Crippen LogP contribution in [0.2, 0.25) is 5.02 Å². The van der Waals surface area contributed by atoms with Crippen LogP contribution in [0.25, 0.3) is 10.9 Å². The van der Waals surface area contributed by atoms with Crippen LogP contribution in [-0.2, 0) is 4.74 Å². The number of likely N-dealkylation sites (tertiary alicyclic amines) is 1. The van der Waals surface area contributed by atoms with E-state index in [1.807, 2.05) is 18.5 Å². The van der Waals surface area contributed by atoms with E-state index in [4.69, 9.17) is 21.3 Å². The summed E-state index contributed by atoms with van der Waals surface area (Å²) >= 11 is 6.77. The largest absolute Gasteiger partial charge is 0.378 e. The van der Waals surface area contributed by atoms with Gasteiger partial charge in [0.25, 0.3) is 0 Å². The summed E-state index contributed by atoms with van der Waals surface area (Å²) in [4.78, 5) is 12.0. The maximum absolute atomic E-state index is 6.77. The van der Waals surface area contributed by atoms with E-state index in [1.54, 1.807) is 0 Å². The number of hydrogen-bond donors (Lipinski definition) is 1. The molecule has 2 aliphatic heterocycles. The number of nitrogens with zero attached hydrogens (tertiary/aromatic N) is 5. The SMILES string of the molecule is Cc1c(Nc2ncc3cc(Cl)c(C4C[C@H]5C[C@@H]4CN5C4COC4)cc3n2)cnn1C1CC1. The van der Waals surface area contributed by atoms with Gasteiger partial charge in [-0.15, -0.1) is 0 Å². The first kappa shape index (κ1) is 19.3. The highest BCUT2D eigenvalue weighted by molar-refractivity contribution is 6.32. The topological polar surface area (TPSA) is 68.1 Å². The van der Waals surface area contributed by atoms with Crippen molar-refractivity contribution >= 4 is 34.1 Å². The lowest BCUT2D eigenvalue weighted by atomic mass is 9.86. The van der Waals surface area contributed by atoms with Crippen molar-refractivity contribution in [3.8, 4) is 0 Å². The Morgan fingerprint density at radius 2 is 1.97 bits per heavy atom. The van der Waals surface area contributed by atoms with E-state index in [-0.39, 0.29) is 0 Å². The summed E-state index contributed by atoms with van der Waals surface area (Å²) in [5, 5.41) is 9.73. The highest BCUT2D eigenvalue weighted by Gasteiger charge is 2.48. The lowest BCUT2D eigenvalue weighted by Gasteiger charge is -2.41. The van der Waals surface area contributed by atoms with Gasteiger partial charge < -0.3 is 10.1 Å². The minimum absolute atomic E-state index is 0.513. The minimum Gasteiger partial charge on any atom is -0.378 e. The summed E-state index contributed by atoms with van der Waals surface area (Å²) < 4.78 is 7.53. The van der Waals surface area contributed by atoms with Crippen LogP contribution >= 0.6 is 11.6 Å². The molecule has 7 rings (SSSR count). The van der Waals surface area contributed by atoms with Gasteiger partial charge in [-0.1, -0.05) is 11.6 Å². The van der Waals surface area contributed by atoms with Crippen LogP contribution in [0.5, 0.6) is 0 Å². The van der Waals surface area contributed by atoms with Gasteiger partial charge in [0.15, 0.2) is 0 Å². The Bertz CT molecular complexity index is 1200. The van der Waals surface area contributed by atoms with Crippen LogP contribution in [-0.4, -0.2) is 56.5 Å². The molecule has 3 aromatic rings. The van der Waals surface area contributed by atoms with Gasteiger partial charge in [-0.3, -0.25) is 9.58 Å². The van der Waals surface area contributed by atoms with E-state index in [0.717, 1.165) is 40.5 Å². The predicted molar refractivity (Wildman–Crippen MR) is 124 cm³/mol. The Balaban J connectivity index is 1.16. The van der Waals surface area contributed by atoms with E-state index in [2.05, 4.69) is 38.0 Å². The highest BCUT2D eigenvalue weighted by Crippen LogP contribution is 2.50. The number of anilines is 2. The number of aromatic nitrogens is 4. The van der Waals surface area contributed by atoms with Crippen LogP contribution in [0.3, 0.4) is 0 Å². The smallest absolute Gasteiger partial charge is 0.227 e. The van der Waals surface area contributed by atoms with Crippen molar-refractivity contribution in [2.24, 2.45) is 5.92 Å². The monoisotopic (exact) mass is 450 g/mol. The van der Waals surface area contributed by atoms with Crippen molar-refractivity contribution < 1.29 is 4.74 Å². The summed E-state index contributed by atoms with van der Waals surface area (Å²) in [5.41, 5.74) is 4.30. The molecule has 2 saturated carbocycles. The first-order chi connectivity index (χ1) is 15.6. The maximum atomic E-state index is 6.77. The molecular weight excluding hydrogens is 424 g/mol. The molecule has 2 aromatic heterocycles. The van der Waals surface area contributed by atoms with Gasteiger partial charge in [0.1, 0.15) is 0 Å². The highest BCUT2D eigenvalue weighted by atomic mass is 35.5. The molecule has 2 aliphatic carbocycles. The molecule has 1 unspecified atom stereocenters. The van der Waals surface area contributed by atoms with E-state index >= 15 is 0 Å². The van der Waals surface area contributed by atoms with Crippen molar-refractivity contribution in [1.82, 2.24) is 24.6 Å². The van der Waals surface area contributed by atoms with Crippen LogP contribution in [0.15, 0.2) is 24.5 Å². The van der Waals surface area contributed by atoms with Gasteiger partial charge in [-0.25, -0.2) is 9.97 Å². The molecule has 0 amide bonds. The molecule has 0 radical (unpaired) electrons. The number of piperidine rings is 1. The fourth-order valence-corrected chi connectivity index (χ4v) is 6.31. The minimum atomic E-state index is 0.513. The Labute approximate surface area is 192 Å². The first-order valence-electron chi connectivity index (χ1n) is 11.7. The Morgan fingerprint density at radius 3 is 2.69 bits per heavy atom. The summed E-state index contributed by atoms with van der Waals surface area (Å²) in [6.07, 6.45) is 8.63. The van der Waals surface area contributed by atoms with Crippen molar-refractivity contribution in [3.05, 3.63) is 40.8 Å². The molecule has 2 bridgehead atoms. The third kappa shape index (κ3) is 3.05. The van der Waals surface area contributed by atoms with Crippen molar-refractivity contribution in [2.45, 2.75) is 56.7 Å². The molecular formula is C24H27ClN6O. The number of ether oxygens (including phenoxy) is 1. The average molecular weight is 451 g/mol. The fraction of sp³-hybridized carbons (Fsp3) is 0.542.